The summed E-state index contributed by atoms with van der Waals surface area (Å²) in [5.74, 6) is -1.15. The van der Waals surface area contributed by atoms with Gasteiger partial charge < -0.3 is 0 Å². The molecular weight excluding hydrogens is 363 g/mol. The van der Waals surface area contributed by atoms with Gasteiger partial charge in [-0.1, -0.05) is 61.5 Å². The number of Topliss-reactive ketones (excluding diaryl/α,β-unsaturated/α-hetero) is 2. The van der Waals surface area contributed by atoms with Crippen molar-refractivity contribution >= 4 is 23.7 Å². The highest BCUT2D eigenvalue weighted by Crippen LogP contribution is 2.34. The van der Waals surface area contributed by atoms with Crippen molar-refractivity contribution in [3.05, 3.63) is 104 Å². The average molecular weight is 382 g/mol. The second-order valence-electron chi connectivity index (χ2n) is 7.66. The Morgan fingerprint density at radius 2 is 1.62 bits per heavy atom. The maximum absolute atomic E-state index is 13.5. The van der Waals surface area contributed by atoms with E-state index in [0.717, 1.165) is 32.0 Å². The van der Waals surface area contributed by atoms with Crippen LogP contribution in [-0.4, -0.2) is 11.6 Å². The molecule has 0 bridgehead atoms. The van der Waals surface area contributed by atoms with Gasteiger partial charge in [0.25, 0.3) is 0 Å². The largest absolute Gasteiger partial charge is 0.298 e. The zero-order chi connectivity index (χ0) is 20.1. The molecule has 0 radical (unpaired) electrons. The van der Waals surface area contributed by atoms with Crippen molar-refractivity contribution in [3.63, 3.8) is 0 Å². The Morgan fingerprint density at radius 3 is 2.38 bits per heavy atom. The van der Waals surface area contributed by atoms with Gasteiger partial charge in [0.2, 0.25) is 0 Å². The molecule has 142 valence electrons. The SMILES string of the molecule is CCC1C=c2ccc3c(c2C(c2ccc(F)cc2)C1=O)C(=O)C=c1ccccc1=3. The van der Waals surface area contributed by atoms with Crippen LogP contribution < -0.4 is 10.4 Å². The first-order valence-electron chi connectivity index (χ1n) is 9.88. The van der Waals surface area contributed by atoms with E-state index in [1.165, 1.54) is 12.1 Å². The van der Waals surface area contributed by atoms with E-state index < -0.39 is 5.92 Å². The Balaban J connectivity index is 1.93. The summed E-state index contributed by atoms with van der Waals surface area (Å²) < 4.78 is 13.5. The molecule has 2 nitrogen and oxygen atoms in total. The highest BCUT2D eigenvalue weighted by molar-refractivity contribution is 6.19. The molecular formula is C26H19FO2. The van der Waals surface area contributed by atoms with Crippen molar-refractivity contribution in [2.45, 2.75) is 19.3 Å². The molecule has 2 aliphatic rings. The van der Waals surface area contributed by atoms with Crippen LogP contribution in [0.25, 0.3) is 12.2 Å². The molecule has 0 heterocycles. The van der Waals surface area contributed by atoms with E-state index in [2.05, 4.69) is 0 Å². The number of ketones is 2. The van der Waals surface area contributed by atoms with Crippen LogP contribution in [0.5, 0.6) is 0 Å². The minimum Gasteiger partial charge on any atom is -0.298 e. The molecule has 3 aromatic rings. The molecule has 0 fully saturated rings. The van der Waals surface area contributed by atoms with Gasteiger partial charge in [0, 0.05) is 11.5 Å². The number of benzene rings is 3. The van der Waals surface area contributed by atoms with E-state index in [1.54, 1.807) is 18.2 Å². The Bertz CT molecular complexity index is 1380. The van der Waals surface area contributed by atoms with Gasteiger partial charge in [0.05, 0.1) is 5.92 Å². The lowest BCUT2D eigenvalue weighted by Crippen LogP contribution is -2.35. The van der Waals surface area contributed by atoms with Crippen molar-refractivity contribution in [3.8, 4) is 0 Å². The summed E-state index contributed by atoms with van der Waals surface area (Å²) >= 11 is 0. The van der Waals surface area contributed by atoms with Gasteiger partial charge in [-0.15, -0.1) is 0 Å². The van der Waals surface area contributed by atoms with Gasteiger partial charge in [-0.05, 0) is 56.6 Å². The summed E-state index contributed by atoms with van der Waals surface area (Å²) in [7, 11) is 0. The van der Waals surface area contributed by atoms with E-state index in [0.29, 0.717) is 12.0 Å². The van der Waals surface area contributed by atoms with Crippen molar-refractivity contribution in [1.29, 1.82) is 0 Å². The second-order valence-corrected chi connectivity index (χ2v) is 7.66. The first kappa shape index (κ1) is 17.7. The predicted molar refractivity (Wildman–Crippen MR) is 110 cm³/mol. The summed E-state index contributed by atoms with van der Waals surface area (Å²) in [6.45, 7) is 1.99. The third-order valence-electron chi connectivity index (χ3n) is 6.03. The first-order chi connectivity index (χ1) is 14.1. The van der Waals surface area contributed by atoms with Gasteiger partial charge >= 0.3 is 0 Å². The van der Waals surface area contributed by atoms with E-state index in [1.807, 2.05) is 49.4 Å². The van der Waals surface area contributed by atoms with Crippen LogP contribution in [0, 0.1) is 22.2 Å². The fourth-order valence-electron chi connectivity index (χ4n) is 4.62. The van der Waals surface area contributed by atoms with Gasteiger partial charge in [-0.25, -0.2) is 4.39 Å². The van der Waals surface area contributed by atoms with Crippen molar-refractivity contribution in [2.24, 2.45) is 5.92 Å². The monoisotopic (exact) mass is 382 g/mol. The quantitative estimate of drug-likeness (QED) is 0.679. The standard InChI is InChI=1S/C26H19FO2/c1-2-15-13-18-9-12-21-20-6-4-3-5-17(20)14-22(28)25(21)23(18)24(26(15)29)16-7-10-19(27)11-8-16/h3-15,24H,2H2,1H3. The minimum absolute atomic E-state index is 0.0617. The highest BCUT2D eigenvalue weighted by atomic mass is 19.1. The summed E-state index contributed by atoms with van der Waals surface area (Å²) in [6.07, 6.45) is 4.32. The molecule has 5 rings (SSSR count). The van der Waals surface area contributed by atoms with Crippen LogP contribution in [0.2, 0.25) is 0 Å². The van der Waals surface area contributed by atoms with E-state index >= 15 is 0 Å². The van der Waals surface area contributed by atoms with Gasteiger partial charge in [-0.2, -0.15) is 0 Å². The van der Waals surface area contributed by atoms with E-state index in [9.17, 15) is 14.0 Å². The number of rotatable bonds is 2. The molecule has 3 heteroatoms. The number of carbonyl (C=O) groups is 2. The van der Waals surface area contributed by atoms with Crippen LogP contribution in [0.3, 0.4) is 0 Å². The van der Waals surface area contributed by atoms with Gasteiger partial charge in [0.1, 0.15) is 5.82 Å². The molecule has 0 saturated carbocycles. The van der Waals surface area contributed by atoms with E-state index in [4.69, 9.17) is 0 Å². The maximum Gasteiger partial charge on any atom is 0.187 e. The van der Waals surface area contributed by atoms with Crippen molar-refractivity contribution in [2.75, 3.05) is 0 Å². The third-order valence-corrected chi connectivity index (χ3v) is 6.03. The summed E-state index contributed by atoms with van der Waals surface area (Å²) in [6, 6.07) is 17.9. The van der Waals surface area contributed by atoms with Crippen LogP contribution >= 0.6 is 0 Å². The molecule has 0 N–H and O–H groups in total. The number of hydrogen-bond donors (Lipinski definition) is 0. The Hall–Kier alpha value is -3.33. The third kappa shape index (κ3) is 2.69. The molecule has 2 aliphatic carbocycles. The second kappa shape index (κ2) is 6.63. The molecule has 29 heavy (non-hydrogen) atoms. The molecule has 0 aliphatic heterocycles. The average Bonchev–Trinajstić information content (AvgIpc) is 2.74. The zero-order valence-corrected chi connectivity index (χ0v) is 16.0. The molecule has 0 aromatic heterocycles. The number of carbonyl (C=O) groups excluding carboxylic acids is 2. The van der Waals surface area contributed by atoms with Crippen LogP contribution in [0.1, 0.15) is 40.7 Å². The van der Waals surface area contributed by atoms with Crippen LogP contribution in [0.4, 0.5) is 4.39 Å². The fraction of sp³-hybridized carbons (Fsp3) is 0.154. The zero-order valence-electron chi connectivity index (χ0n) is 16.0. The Labute approximate surface area is 167 Å². The first-order valence-corrected chi connectivity index (χ1v) is 9.88. The molecule has 2 atom stereocenters. The molecule has 0 saturated heterocycles. The lowest BCUT2D eigenvalue weighted by molar-refractivity contribution is -0.122. The maximum atomic E-state index is 13.5. The summed E-state index contributed by atoms with van der Waals surface area (Å²) in [5, 5.41) is 3.66. The molecule has 2 unspecified atom stereocenters. The highest BCUT2D eigenvalue weighted by Gasteiger charge is 2.35. The van der Waals surface area contributed by atoms with Gasteiger partial charge in [-0.3, -0.25) is 9.59 Å². The van der Waals surface area contributed by atoms with Gasteiger partial charge in [0.15, 0.2) is 11.6 Å². The fourth-order valence-corrected chi connectivity index (χ4v) is 4.62. The Kier molecular flexibility index (Phi) is 4.06. The summed E-state index contributed by atoms with van der Waals surface area (Å²) in [4.78, 5) is 26.6. The summed E-state index contributed by atoms with van der Waals surface area (Å²) in [5.41, 5.74) is 2.07. The minimum atomic E-state index is -0.571. The smallest absolute Gasteiger partial charge is 0.187 e. The number of hydrogen-bond acceptors (Lipinski definition) is 2. The molecule has 0 spiro atoms. The van der Waals surface area contributed by atoms with Crippen molar-refractivity contribution in [1.82, 2.24) is 0 Å². The normalized spacial score (nSPS) is 19.5. The van der Waals surface area contributed by atoms with Crippen LogP contribution in [-0.2, 0) is 4.79 Å². The molecule has 3 aromatic carbocycles. The van der Waals surface area contributed by atoms with E-state index in [-0.39, 0.29) is 23.3 Å². The number of fused-ring (bicyclic) bond motifs is 4. The number of halogens is 1. The Morgan fingerprint density at radius 1 is 0.862 bits per heavy atom. The lowest BCUT2D eigenvalue weighted by Gasteiger charge is -2.28. The van der Waals surface area contributed by atoms with Crippen molar-refractivity contribution < 1.29 is 14.0 Å². The topological polar surface area (TPSA) is 34.1 Å². The predicted octanol–water partition coefficient (Wildman–Crippen LogP) is 3.61. The van der Waals surface area contributed by atoms with Crippen LogP contribution in [0.15, 0.2) is 60.7 Å². The molecule has 0 amide bonds. The lowest BCUT2D eigenvalue weighted by atomic mass is 9.73.